The highest BCUT2D eigenvalue weighted by atomic mass is 35.5. The summed E-state index contributed by atoms with van der Waals surface area (Å²) in [5.74, 6) is -1.28. The van der Waals surface area contributed by atoms with Gasteiger partial charge in [-0.1, -0.05) is 17.7 Å². The van der Waals surface area contributed by atoms with Crippen molar-refractivity contribution in [1.82, 2.24) is 9.88 Å². The van der Waals surface area contributed by atoms with E-state index in [0.29, 0.717) is 42.9 Å². The highest BCUT2D eigenvalue weighted by molar-refractivity contribution is 6.34. The van der Waals surface area contributed by atoms with Gasteiger partial charge in [-0.05, 0) is 39.0 Å². The van der Waals surface area contributed by atoms with Gasteiger partial charge in [-0.15, -0.1) is 0 Å². The number of ether oxygens (including phenoxy) is 2. The predicted octanol–water partition coefficient (Wildman–Crippen LogP) is 5.23. The number of fused-ring (bicyclic) bond motifs is 1. The Hall–Kier alpha value is -3.37. The number of amides is 1. The molecule has 0 aliphatic carbocycles. The van der Waals surface area contributed by atoms with Crippen LogP contribution in [0.3, 0.4) is 0 Å². The lowest BCUT2D eigenvalue weighted by Crippen LogP contribution is -2.50. The Morgan fingerprint density at radius 3 is 2.51 bits per heavy atom. The minimum absolute atomic E-state index is 0.00809. The van der Waals surface area contributed by atoms with Gasteiger partial charge in [0.1, 0.15) is 22.7 Å². The summed E-state index contributed by atoms with van der Waals surface area (Å²) in [6.07, 6.45) is 1.11. The van der Waals surface area contributed by atoms with Crippen LogP contribution in [0.2, 0.25) is 5.02 Å². The van der Waals surface area contributed by atoms with Gasteiger partial charge in [0.15, 0.2) is 5.82 Å². The van der Waals surface area contributed by atoms with Crippen LogP contribution in [0.5, 0.6) is 5.75 Å². The first-order chi connectivity index (χ1) is 17.6. The van der Waals surface area contributed by atoms with Gasteiger partial charge >= 0.3 is 6.09 Å². The first-order valence-electron chi connectivity index (χ1n) is 11.9. The van der Waals surface area contributed by atoms with Crippen LogP contribution < -0.4 is 20.7 Å². The zero-order valence-electron chi connectivity index (χ0n) is 21.2. The van der Waals surface area contributed by atoms with Gasteiger partial charge in [-0.25, -0.2) is 13.6 Å². The molecule has 0 spiro atoms. The summed E-state index contributed by atoms with van der Waals surface area (Å²) in [5.41, 5.74) is 6.21. The van der Waals surface area contributed by atoms with Crippen molar-refractivity contribution in [2.45, 2.75) is 26.4 Å². The molecule has 1 aliphatic heterocycles. The number of piperazine rings is 1. The van der Waals surface area contributed by atoms with Crippen molar-refractivity contribution < 1.29 is 23.0 Å². The quantitative estimate of drug-likeness (QED) is 0.434. The maximum absolute atomic E-state index is 16.0. The minimum atomic E-state index is -0.765. The molecule has 1 aromatic heterocycles. The number of hydrogen-bond donors (Lipinski definition) is 2. The maximum Gasteiger partial charge on any atom is 0.410 e. The van der Waals surface area contributed by atoms with Gasteiger partial charge in [-0.3, -0.25) is 4.98 Å². The number of rotatable bonds is 5. The van der Waals surface area contributed by atoms with Gasteiger partial charge in [0.25, 0.3) is 0 Å². The standard InChI is InChI=1S/C26H30ClF2N5O3/c1-26(2,3)37-25(35)34-10-8-33(9-11-34)24-15-12-16(27)20(21-17(28)6-5-7-19(21)36-4)22(29)23(15)31-13-18(24)32-14-30/h5-7,12-13,32H,8-11,14,30H2,1-4H3. The molecule has 1 fully saturated rings. The number of methoxy groups -OCH3 is 1. The molecule has 0 radical (unpaired) electrons. The van der Waals surface area contributed by atoms with Crippen LogP contribution in [0, 0.1) is 11.6 Å². The number of pyridine rings is 1. The zero-order chi connectivity index (χ0) is 26.9. The van der Waals surface area contributed by atoms with E-state index in [-0.39, 0.29) is 40.2 Å². The van der Waals surface area contributed by atoms with Crippen molar-refractivity contribution in [3.8, 4) is 16.9 Å². The molecule has 198 valence electrons. The number of nitrogens with zero attached hydrogens (tertiary/aromatic N) is 3. The van der Waals surface area contributed by atoms with E-state index in [1.165, 1.54) is 31.5 Å². The van der Waals surface area contributed by atoms with Crippen LogP contribution in [0.1, 0.15) is 20.8 Å². The number of hydrogen-bond acceptors (Lipinski definition) is 7. The third kappa shape index (κ3) is 5.35. The number of aromatic nitrogens is 1. The Morgan fingerprint density at radius 1 is 1.19 bits per heavy atom. The number of carbonyl (C=O) groups is 1. The number of halogens is 3. The third-order valence-corrected chi connectivity index (χ3v) is 6.31. The van der Waals surface area contributed by atoms with Crippen LogP contribution in [-0.2, 0) is 4.74 Å². The maximum atomic E-state index is 16.0. The lowest BCUT2D eigenvalue weighted by atomic mass is 9.99. The minimum Gasteiger partial charge on any atom is -0.496 e. The molecule has 0 atom stereocenters. The van der Waals surface area contributed by atoms with Crippen molar-refractivity contribution in [2.24, 2.45) is 5.73 Å². The van der Waals surface area contributed by atoms with E-state index in [1.54, 1.807) is 11.0 Å². The summed E-state index contributed by atoms with van der Waals surface area (Å²) in [6, 6.07) is 5.80. The van der Waals surface area contributed by atoms with Crippen LogP contribution >= 0.6 is 11.6 Å². The van der Waals surface area contributed by atoms with E-state index in [0.717, 1.165) is 0 Å². The van der Waals surface area contributed by atoms with Crippen molar-refractivity contribution >= 4 is 40.0 Å². The summed E-state index contributed by atoms with van der Waals surface area (Å²) in [4.78, 5) is 20.5. The normalized spacial score (nSPS) is 14.2. The fourth-order valence-electron chi connectivity index (χ4n) is 4.42. The number of carbonyl (C=O) groups excluding carboxylic acids is 1. The van der Waals surface area contributed by atoms with Crippen molar-refractivity contribution in [1.29, 1.82) is 0 Å². The average molecular weight is 534 g/mol. The molecule has 4 rings (SSSR count). The van der Waals surface area contributed by atoms with Gasteiger partial charge < -0.3 is 30.3 Å². The number of nitrogens with two attached hydrogens (primary N) is 1. The summed E-state index contributed by atoms with van der Waals surface area (Å²) >= 11 is 6.59. The van der Waals surface area contributed by atoms with E-state index in [2.05, 4.69) is 10.3 Å². The predicted molar refractivity (Wildman–Crippen MR) is 141 cm³/mol. The number of anilines is 2. The highest BCUT2D eigenvalue weighted by Gasteiger charge is 2.29. The highest BCUT2D eigenvalue weighted by Crippen LogP contribution is 2.44. The van der Waals surface area contributed by atoms with E-state index in [1.807, 2.05) is 25.7 Å². The Bertz CT molecular complexity index is 1320. The van der Waals surface area contributed by atoms with Gasteiger partial charge in [0.2, 0.25) is 0 Å². The molecular formula is C26H30ClF2N5O3. The third-order valence-electron chi connectivity index (χ3n) is 6.01. The van der Waals surface area contributed by atoms with Gasteiger partial charge in [-0.2, -0.15) is 0 Å². The summed E-state index contributed by atoms with van der Waals surface area (Å²) < 4.78 is 41.6. The summed E-state index contributed by atoms with van der Waals surface area (Å²) in [6.45, 7) is 7.30. The fourth-order valence-corrected chi connectivity index (χ4v) is 4.70. The van der Waals surface area contributed by atoms with E-state index in [4.69, 9.17) is 26.8 Å². The fraction of sp³-hybridized carbons (Fsp3) is 0.385. The molecule has 0 saturated carbocycles. The second-order valence-corrected chi connectivity index (χ2v) is 10.0. The summed E-state index contributed by atoms with van der Waals surface area (Å²) in [7, 11) is 1.38. The lowest BCUT2D eigenvalue weighted by Gasteiger charge is -2.38. The van der Waals surface area contributed by atoms with Gasteiger partial charge in [0.05, 0.1) is 41.9 Å². The monoisotopic (exact) mass is 533 g/mol. The molecule has 37 heavy (non-hydrogen) atoms. The van der Waals surface area contributed by atoms with Crippen LogP contribution in [-0.4, -0.2) is 61.5 Å². The van der Waals surface area contributed by atoms with Crippen LogP contribution in [0.25, 0.3) is 22.0 Å². The Balaban J connectivity index is 1.78. The van der Waals surface area contributed by atoms with Crippen molar-refractivity contribution in [2.75, 3.05) is 50.2 Å². The smallest absolute Gasteiger partial charge is 0.410 e. The Labute approximate surface area is 219 Å². The second-order valence-electron chi connectivity index (χ2n) is 9.62. The number of nitrogens with one attached hydrogen (secondary N) is 1. The first kappa shape index (κ1) is 26.7. The van der Waals surface area contributed by atoms with Crippen molar-refractivity contribution in [3.05, 3.63) is 47.1 Å². The van der Waals surface area contributed by atoms with Crippen LogP contribution in [0.4, 0.5) is 25.0 Å². The van der Waals surface area contributed by atoms with Gasteiger partial charge in [0, 0.05) is 37.1 Å². The molecule has 1 amide bonds. The largest absolute Gasteiger partial charge is 0.496 e. The molecule has 0 unspecified atom stereocenters. The molecule has 2 heterocycles. The first-order valence-corrected chi connectivity index (χ1v) is 12.2. The topological polar surface area (TPSA) is 93.0 Å². The molecule has 8 nitrogen and oxygen atoms in total. The SMILES string of the molecule is COc1cccc(F)c1-c1c(Cl)cc2c(N3CCN(C(=O)OC(C)(C)C)CC3)c(NCN)cnc2c1F. The molecule has 11 heteroatoms. The zero-order valence-corrected chi connectivity index (χ0v) is 22.0. The van der Waals surface area contributed by atoms with E-state index < -0.39 is 17.2 Å². The van der Waals surface area contributed by atoms with E-state index in [9.17, 15) is 9.18 Å². The molecular weight excluding hydrogens is 504 g/mol. The molecule has 1 saturated heterocycles. The average Bonchev–Trinajstić information content (AvgIpc) is 2.84. The summed E-state index contributed by atoms with van der Waals surface area (Å²) in [5, 5.41) is 3.51. The van der Waals surface area contributed by atoms with Crippen LogP contribution in [0.15, 0.2) is 30.5 Å². The Morgan fingerprint density at radius 2 is 1.89 bits per heavy atom. The molecule has 0 bridgehead atoms. The lowest BCUT2D eigenvalue weighted by molar-refractivity contribution is 0.0241. The number of benzene rings is 2. The Kier molecular flexibility index (Phi) is 7.61. The molecule has 3 aromatic rings. The molecule has 1 aliphatic rings. The van der Waals surface area contributed by atoms with Crippen molar-refractivity contribution in [3.63, 3.8) is 0 Å². The van der Waals surface area contributed by atoms with E-state index >= 15 is 4.39 Å². The molecule has 3 N–H and O–H groups in total. The molecule has 2 aromatic carbocycles. The second kappa shape index (κ2) is 10.5.